The van der Waals surface area contributed by atoms with E-state index in [0.29, 0.717) is 23.9 Å². The lowest BCUT2D eigenvalue weighted by molar-refractivity contribution is -0.119. The van der Waals surface area contributed by atoms with Gasteiger partial charge in [-0.1, -0.05) is 17.7 Å². The second-order valence-corrected chi connectivity index (χ2v) is 3.91. The zero-order valence-electron chi connectivity index (χ0n) is 9.83. The number of carbonyl (C=O) groups excluding carboxylic acids is 1. The van der Waals surface area contributed by atoms with Gasteiger partial charge in [-0.05, 0) is 31.0 Å². The standard InChI is InChI=1S/C12H17ClN2O2/c1-2-17-11-4-3-9(7-10(11)13)5-6-15-12(16)8-14/h3-4,7H,2,5-6,8,14H2,1H3,(H,15,16). The van der Waals surface area contributed by atoms with Crippen molar-refractivity contribution in [3.63, 3.8) is 0 Å². The van der Waals surface area contributed by atoms with Crippen LogP contribution in [0.2, 0.25) is 5.02 Å². The topological polar surface area (TPSA) is 64.3 Å². The van der Waals surface area contributed by atoms with Crippen molar-refractivity contribution in [2.75, 3.05) is 19.7 Å². The smallest absolute Gasteiger partial charge is 0.233 e. The summed E-state index contributed by atoms with van der Waals surface area (Å²) >= 11 is 6.04. The first-order valence-corrected chi connectivity index (χ1v) is 5.93. The second kappa shape index (κ2) is 7.14. The van der Waals surface area contributed by atoms with E-state index in [0.717, 1.165) is 12.0 Å². The van der Waals surface area contributed by atoms with Crippen molar-refractivity contribution in [2.24, 2.45) is 5.73 Å². The lowest BCUT2D eigenvalue weighted by Gasteiger charge is -2.08. The molecule has 0 radical (unpaired) electrons. The maximum Gasteiger partial charge on any atom is 0.233 e. The Balaban J connectivity index is 2.50. The van der Waals surface area contributed by atoms with E-state index < -0.39 is 0 Å². The Morgan fingerprint density at radius 1 is 1.53 bits per heavy atom. The highest BCUT2D eigenvalue weighted by atomic mass is 35.5. The Hall–Kier alpha value is -1.26. The molecule has 0 heterocycles. The fourth-order valence-electron chi connectivity index (χ4n) is 1.39. The number of halogens is 1. The third-order valence-electron chi connectivity index (χ3n) is 2.22. The molecule has 0 spiro atoms. The Morgan fingerprint density at radius 2 is 2.29 bits per heavy atom. The molecule has 0 aromatic heterocycles. The summed E-state index contributed by atoms with van der Waals surface area (Å²) in [6.07, 6.45) is 0.720. The van der Waals surface area contributed by atoms with E-state index in [1.807, 2.05) is 25.1 Å². The predicted molar refractivity (Wildman–Crippen MR) is 68.4 cm³/mol. The molecule has 5 heteroatoms. The third kappa shape index (κ3) is 4.63. The zero-order valence-corrected chi connectivity index (χ0v) is 10.6. The minimum atomic E-state index is -0.151. The molecule has 0 unspecified atom stereocenters. The molecule has 1 amide bonds. The lowest BCUT2D eigenvalue weighted by Crippen LogP contribution is -2.31. The molecular weight excluding hydrogens is 240 g/mol. The Labute approximate surface area is 106 Å². The van der Waals surface area contributed by atoms with Crippen LogP contribution in [0.15, 0.2) is 18.2 Å². The molecule has 94 valence electrons. The molecule has 1 aromatic carbocycles. The first-order chi connectivity index (χ1) is 8.17. The van der Waals surface area contributed by atoms with Crippen LogP contribution in [0.5, 0.6) is 5.75 Å². The van der Waals surface area contributed by atoms with Gasteiger partial charge in [0.05, 0.1) is 18.2 Å². The fourth-order valence-corrected chi connectivity index (χ4v) is 1.65. The number of hydrogen-bond acceptors (Lipinski definition) is 3. The van der Waals surface area contributed by atoms with Gasteiger partial charge in [0.25, 0.3) is 0 Å². The predicted octanol–water partition coefficient (Wildman–Crippen LogP) is 1.36. The summed E-state index contributed by atoms with van der Waals surface area (Å²) in [5.74, 6) is 0.533. The molecule has 1 rings (SSSR count). The van der Waals surface area contributed by atoms with E-state index in [1.165, 1.54) is 0 Å². The second-order valence-electron chi connectivity index (χ2n) is 3.50. The summed E-state index contributed by atoms with van der Waals surface area (Å²) < 4.78 is 5.33. The summed E-state index contributed by atoms with van der Waals surface area (Å²) in [6, 6.07) is 5.62. The van der Waals surface area contributed by atoms with Gasteiger partial charge in [-0.2, -0.15) is 0 Å². The van der Waals surface area contributed by atoms with Crippen molar-refractivity contribution in [3.05, 3.63) is 28.8 Å². The maximum atomic E-state index is 10.9. The summed E-state index contributed by atoms with van der Waals surface area (Å²) in [6.45, 7) is 3.07. The Bertz CT molecular complexity index is 383. The van der Waals surface area contributed by atoms with Gasteiger partial charge in [-0.3, -0.25) is 4.79 Å². The molecule has 1 aromatic rings. The normalized spacial score (nSPS) is 10.1. The highest BCUT2D eigenvalue weighted by molar-refractivity contribution is 6.32. The van der Waals surface area contributed by atoms with Crippen LogP contribution in [0.4, 0.5) is 0 Å². The van der Waals surface area contributed by atoms with E-state index in [2.05, 4.69) is 5.32 Å². The SMILES string of the molecule is CCOc1ccc(CCNC(=O)CN)cc1Cl. The number of nitrogens with one attached hydrogen (secondary N) is 1. The summed E-state index contributed by atoms with van der Waals surface area (Å²) in [5.41, 5.74) is 6.23. The molecule has 0 bridgehead atoms. The fraction of sp³-hybridized carbons (Fsp3) is 0.417. The van der Waals surface area contributed by atoms with Gasteiger partial charge in [-0.25, -0.2) is 0 Å². The number of benzene rings is 1. The molecule has 0 saturated carbocycles. The van der Waals surface area contributed by atoms with E-state index in [9.17, 15) is 4.79 Å². The minimum absolute atomic E-state index is 0.0179. The Morgan fingerprint density at radius 3 is 2.88 bits per heavy atom. The van der Waals surface area contributed by atoms with Crippen LogP contribution in [-0.4, -0.2) is 25.6 Å². The molecule has 17 heavy (non-hydrogen) atoms. The van der Waals surface area contributed by atoms with Crippen molar-refractivity contribution in [1.29, 1.82) is 0 Å². The first-order valence-electron chi connectivity index (χ1n) is 5.55. The maximum absolute atomic E-state index is 10.9. The average Bonchev–Trinajstić information content (AvgIpc) is 2.32. The number of carbonyl (C=O) groups is 1. The monoisotopic (exact) mass is 256 g/mol. The minimum Gasteiger partial charge on any atom is -0.492 e. The molecule has 0 atom stereocenters. The van der Waals surface area contributed by atoms with E-state index >= 15 is 0 Å². The van der Waals surface area contributed by atoms with Crippen molar-refractivity contribution in [1.82, 2.24) is 5.32 Å². The Kier molecular flexibility index (Phi) is 5.80. The molecular formula is C12H17ClN2O2. The van der Waals surface area contributed by atoms with Crippen molar-refractivity contribution in [2.45, 2.75) is 13.3 Å². The first kappa shape index (κ1) is 13.8. The van der Waals surface area contributed by atoms with Crippen molar-refractivity contribution in [3.8, 4) is 5.75 Å². The molecule has 4 nitrogen and oxygen atoms in total. The number of ether oxygens (including phenoxy) is 1. The van der Waals surface area contributed by atoms with Crippen LogP contribution < -0.4 is 15.8 Å². The van der Waals surface area contributed by atoms with Gasteiger partial charge in [0, 0.05) is 6.54 Å². The van der Waals surface area contributed by atoms with E-state index in [1.54, 1.807) is 0 Å². The van der Waals surface area contributed by atoms with E-state index in [-0.39, 0.29) is 12.5 Å². The van der Waals surface area contributed by atoms with Gasteiger partial charge in [-0.15, -0.1) is 0 Å². The van der Waals surface area contributed by atoms with Gasteiger partial charge in [0.2, 0.25) is 5.91 Å². The number of rotatable bonds is 6. The average molecular weight is 257 g/mol. The highest BCUT2D eigenvalue weighted by Crippen LogP contribution is 2.25. The molecule has 0 aliphatic carbocycles. The zero-order chi connectivity index (χ0) is 12.7. The molecule has 0 aliphatic heterocycles. The van der Waals surface area contributed by atoms with Gasteiger partial charge < -0.3 is 15.8 Å². The van der Waals surface area contributed by atoms with Gasteiger partial charge >= 0.3 is 0 Å². The van der Waals surface area contributed by atoms with Crippen LogP contribution >= 0.6 is 11.6 Å². The summed E-state index contributed by atoms with van der Waals surface area (Å²) in [4.78, 5) is 10.9. The van der Waals surface area contributed by atoms with Crippen molar-refractivity contribution < 1.29 is 9.53 Å². The molecule has 3 N–H and O–H groups in total. The largest absolute Gasteiger partial charge is 0.492 e. The lowest BCUT2D eigenvalue weighted by atomic mass is 10.1. The number of nitrogens with two attached hydrogens (primary N) is 1. The van der Waals surface area contributed by atoms with Gasteiger partial charge in [0.1, 0.15) is 5.75 Å². The van der Waals surface area contributed by atoms with Crippen LogP contribution in [0.25, 0.3) is 0 Å². The van der Waals surface area contributed by atoms with Gasteiger partial charge in [0.15, 0.2) is 0 Å². The van der Waals surface area contributed by atoms with Crippen LogP contribution in [-0.2, 0) is 11.2 Å². The molecule has 0 aliphatic rings. The van der Waals surface area contributed by atoms with E-state index in [4.69, 9.17) is 22.1 Å². The summed E-state index contributed by atoms with van der Waals surface area (Å²) in [7, 11) is 0. The van der Waals surface area contributed by atoms with Crippen LogP contribution in [0.1, 0.15) is 12.5 Å². The van der Waals surface area contributed by atoms with Crippen LogP contribution in [0, 0.1) is 0 Å². The quantitative estimate of drug-likeness (QED) is 0.808. The number of amides is 1. The highest BCUT2D eigenvalue weighted by Gasteiger charge is 2.03. The molecule has 0 fully saturated rings. The summed E-state index contributed by atoms with van der Waals surface area (Å²) in [5, 5.41) is 3.29. The third-order valence-corrected chi connectivity index (χ3v) is 2.51. The molecule has 0 saturated heterocycles. The number of hydrogen-bond donors (Lipinski definition) is 2. The van der Waals surface area contributed by atoms with Crippen LogP contribution in [0.3, 0.4) is 0 Å². The van der Waals surface area contributed by atoms with Crippen molar-refractivity contribution >= 4 is 17.5 Å².